The minimum Gasteiger partial charge on any atom is -0.484 e. The fourth-order valence-electron chi connectivity index (χ4n) is 2.90. The van der Waals surface area contributed by atoms with Gasteiger partial charge in [-0.25, -0.2) is 4.98 Å². The smallest absolute Gasteiger partial charge is 0.255 e. The Morgan fingerprint density at radius 2 is 2.00 bits per heavy atom. The second kappa shape index (κ2) is 8.35. The van der Waals surface area contributed by atoms with E-state index in [2.05, 4.69) is 14.9 Å². The van der Waals surface area contributed by atoms with Crippen LogP contribution in [-0.2, 0) is 11.3 Å². The summed E-state index contributed by atoms with van der Waals surface area (Å²) in [6.07, 6.45) is 0.783. The maximum atomic E-state index is 12.3. The molecule has 0 aliphatic carbocycles. The number of hydrogen-bond donors (Lipinski definition) is 2. The number of primary amides is 1. The molecule has 0 aliphatic heterocycles. The van der Waals surface area contributed by atoms with Crippen molar-refractivity contribution in [3.05, 3.63) is 59.9 Å². The van der Waals surface area contributed by atoms with Gasteiger partial charge in [0, 0.05) is 18.7 Å². The molecule has 0 atom stereocenters. The minimum absolute atomic E-state index is 0.188. The summed E-state index contributed by atoms with van der Waals surface area (Å²) in [6, 6.07) is 14.7. The van der Waals surface area contributed by atoms with E-state index in [-0.39, 0.29) is 12.5 Å². The number of aryl methyl sites for hydroxylation is 2. The molecule has 27 heavy (non-hydrogen) atoms. The number of ether oxygens (including phenoxy) is 1. The average molecular weight is 366 g/mol. The molecule has 0 radical (unpaired) electrons. The van der Waals surface area contributed by atoms with Crippen LogP contribution in [0.1, 0.15) is 22.6 Å². The zero-order valence-corrected chi connectivity index (χ0v) is 15.1. The van der Waals surface area contributed by atoms with Crippen LogP contribution < -0.4 is 15.8 Å². The molecule has 0 spiro atoms. The molecule has 7 nitrogen and oxygen atoms in total. The molecule has 1 heterocycles. The highest BCUT2D eigenvalue weighted by molar-refractivity contribution is 5.94. The zero-order valence-electron chi connectivity index (χ0n) is 15.1. The van der Waals surface area contributed by atoms with Crippen LogP contribution in [-0.4, -0.2) is 34.5 Å². The van der Waals surface area contributed by atoms with Crippen LogP contribution in [0.2, 0.25) is 0 Å². The summed E-state index contributed by atoms with van der Waals surface area (Å²) in [7, 11) is 0. The lowest BCUT2D eigenvalue weighted by Gasteiger charge is -2.09. The monoisotopic (exact) mass is 366 g/mol. The van der Waals surface area contributed by atoms with E-state index in [1.54, 1.807) is 24.3 Å². The Bertz CT molecular complexity index is 965. The summed E-state index contributed by atoms with van der Waals surface area (Å²) in [4.78, 5) is 27.6. The highest BCUT2D eigenvalue weighted by Gasteiger charge is 2.09. The molecule has 140 valence electrons. The van der Waals surface area contributed by atoms with Crippen molar-refractivity contribution in [2.45, 2.75) is 19.9 Å². The van der Waals surface area contributed by atoms with E-state index in [1.165, 1.54) is 0 Å². The number of fused-ring (bicyclic) bond motifs is 1. The normalized spacial score (nSPS) is 10.7. The van der Waals surface area contributed by atoms with Crippen molar-refractivity contribution >= 4 is 22.8 Å². The third-order valence-electron chi connectivity index (χ3n) is 4.17. The van der Waals surface area contributed by atoms with Gasteiger partial charge in [0.1, 0.15) is 11.6 Å². The van der Waals surface area contributed by atoms with Crippen molar-refractivity contribution in [1.29, 1.82) is 0 Å². The number of nitrogens with two attached hydrogens (primary N) is 1. The third kappa shape index (κ3) is 4.63. The molecule has 3 rings (SSSR count). The first-order valence-corrected chi connectivity index (χ1v) is 8.76. The third-order valence-corrected chi connectivity index (χ3v) is 4.17. The number of amides is 2. The van der Waals surface area contributed by atoms with Crippen LogP contribution in [0, 0.1) is 6.92 Å². The maximum Gasteiger partial charge on any atom is 0.255 e. The first-order valence-electron chi connectivity index (χ1n) is 8.76. The number of benzene rings is 2. The van der Waals surface area contributed by atoms with Gasteiger partial charge in [0.25, 0.3) is 11.8 Å². The molecule has 0 saturated heterocycles. The SMILES string of the molecule is Cc1nc2ccccc2n1CCCNC(=O)c1cccc(OCC(N)=O)c1. The van der Waals surface area contributed by atoms with Crippen LogP contribution in [0.25, 0.3) is 11.0 Å². The van der Waals surface area contributed by atoms with Gasteiger partial charge in [-0.3, -0.25) is 9.59 Å². The van der Waals surface area contributed by atoms with Crippen LogP contribution in [0.4, 0.5) is 0 Å². The van der Waals surface area contributed by atoms with E-state index < -0.39 is 5.91 Å². The summed E-state index contributed by atoms with van der Waals surface area (Å²) in [5, 5.41) is 2.90. The van der Waals surface area contributed by atoms with E-state index in [0.29, 0.717) is 17.9 Å². The quantitative estimate of drug-likeness (QED) is 0.596. The Labute approximate surface area is 157 Å². The summed E-state index contributed by atoms with van der Waals surface area (Å²) < 4.78 is 7.37. The van der Waals surface area contributed by atoms with Gasteiger partial charge < -0.3 is 20.4 Å². The Balaban J connectivity index is 1.53. The molecule has 0 unspecified atom stereocenters. The first-order chi connectivity index (χ1) is 13.0. The van der Waals surface area contributed by atoms with E-state index >= 15 is 0 Å². The molecule has 0 aliphatic rings. The van der Waals surface area contributed by atoms with Crippen molar-refractivity contribution in [3.8, 4) is 5.75 Å². The lowest BCUT2D eigenvalue weighted by molar-refractivity contribution is -0.119. The fourth-order valence-corrected chi connectivity index (χ4v) is 2.90. The summed E-state index contributed by atoms with van der Waals surface area (Å²) >= 11 is 0. The molecule has 0 saturated carbocycles. The van der Waals surface area contributed by atoms with Gasteiger partial charge in [0.2, 0.25) is 0 Å². The van der Waals surface area contributed by atoms with E-state index in [0.717, 1.165) is 29.8 Å². The van der Waals surface area contributed by atoms with Crippen molar-refractivity contribution in [2.75, 3.05) is 13.2 Å². The van der Waals surface area contributed by atoms with Crippen LogP contribution >= 0.6 is 0 Å². The molecule has 3 aromatic rings. The number of hydrogen-bond acceptors (Lipinski definition) is 4. The Morgan fingerprint density at radius 3 is 2.81 bits per heavy atom. The molecule has 7 heteroatoms. The van der Waals surface area contributed by atoms with E-state index in [9.17, 15) is 9.59 Å². The molecular formula is C20H22N4O3. The van der Waals surface area contributed by atoms with Crippen molar-refractivity contribution in [2.24, 2.45) is 5.73 Å². The predicted octanol–water partition coefficient (Wildman–Crippen LogP) is 2.03. The average Bonchev–Trinajstić information content (AvgIpc) is 2.99. The lowest BCUT2D eigenvalue weighted by atomic mass is 10.2. The maximum absolute atomic E-state index is 12.3. The first kappa shape index (κ1) is 18.4. The second-order valence-electron chi connectivity index (χ2n) is 6.19. The van der Waals surface area contributed by atoms with Gasteiger partial charge in [-0.2, -0.15) is 0 Å². The number of para-hydroxylation sites is 2. The highest BCUT2D eigenvalue weighted by atomic mass is 16.5. The van der Waals surface area contributed by atoms with Crippen molar-refractivity contribution < 1.29 is 14.3 Å². The Kier molecular flexibility index (Phi) is 5.71. The van der Waals surface area contributed by atoms with E-state index in [1.807, 2.05) is 31.2 Å². The van der Waals surface area contributed by atoms with Gasteiger partial charge in [-0.1, -0.05) is 18.2 Å². The molecular weight excluding hydrogens is 344 g/mol. The van der Waals surface area contributed by atoms with Crippen LogP contribution in [0.15, 0.2) is 48.5 Å². The Hall–Kier alpha value is -3.35. The van der Waals surface area contributed by atoms with Gasteiger partial charge >= 0.3 is 0 Å². The molecule has 3 N–H and O–H groups in total. The van der Waals surface area contributed by atoms with Gasteiger partial charge in [0.15, 0.2) is 6.61 Å². The molecule has 2 amide bonds. The standard InChI is InChI=1S/C20H22N4O3/c1-14-23-17-8-2-3-9-18(17)24(14)11-5-10-22-20(26)15-6-4-7-16(12-15)27-13-19(21)25/h2-4,6-9,12H,5,10-11,13H2,1H3,(H2,21,25)(H,22,26). The van der Waals surface area contributed by atoms with Crippen LogP contribution in [0.3, 0.4) is 0 Å². The van der Waals surface area contributed by atoms with Crippen molar-refractivity contribution in [3.63, 3.8) is 0 Å². The number of aromatic nitrogens is 2. The summed E-state index contributed by atoms with van der Waals surface area (Å²) in [5.74, 6) is 0.641. The lowest BCUT2D eigenvalue weighted by Crippen LogP contribution is -2.25. The summed E-state index contributed by atoms with van der Waals surface area (Å²) in [5.41, 5.74) is 7.60. The number of carbonyl (C=O) groups is 2. The number of rotatable bonds is 8. The molecule has 1 aromatic heterocycles. The number of carbonyl (C=O) groups excluding carboxylic acids is 2. The number of nitrogens with one attached hydrogen (secondary N) is 1. The topological polar surface area (TPSA) is 99.2 Å². The molecule has 0 fully saturated rings. The minimum atomic E-state index is -0.563. The summed E-state index contributed by atoms with van der Waals surface area (Å²) in [6.45, 7) is 3.07. The molecule has 0 bridgehead atoms. The number of imidazole rings is 1. The molecule has 2 aromatic carbocycles. The zero-order chi connectivity index (χ0) is 19.2. The van der Waals surface area contributed by atoms with Gasteiger partial charge in [0.05, 0.1) is 11.0 Å². The van der Waals surface area contributed by atoms with Gasteiger partial charge in [-0.05, 0) is 43.7 Å². The van der Waals surface area contributed by atoms with Crippen molar-refractivity contribution in [1.82, 2.24) is 14.9 Å². The fraction of sp³-hybridized carbons (Fsp3) is 0.250. The highest BCUT2D eigenvalue weighted by Crippen LogP contribution is 2.16. The largest absolute Gasteiger partial charge is 0.484 e. The second-order valence-corrected chi connectivity index (χ2v) is 6.19. The van der Waals surface area contributed by atoms with E-state index in [4.69, 9.17) is 10.5 Å². The Morgan fingerprint density at radius 1 is 1.19 bits per heavy atom. The van der Waals surface area contributed by atoms with Gasteiger partial charge in [-0.15, -0.1) is 0 Å². The number of nitrogens with zero attached hydrogens (tertiary/aromatic N) is 2. The van der Waals surface area contributed by atoms with Crippen LogP contribution in [0.5, 0.6) is 5.75 Å². The predicted molar refractivity (Wildman–Crippen MR) is 103 cm³/mol.